The van der Waals surface area contributed by atoms with Gasteiger partial charge in [-0.3, -0.25) is 14.3 Å². The Morgan fingerprint density at radius 3 is 2.56 bits per heavy atom. The summed E-state index contributed by atoms with van der Waals surface area (Å²) in [5, 5.41) is 8.86. The maximum Gasteiger partial charge on any atom is 0.410 e. The number of morpholine rings is 1. The zero-order valence-electron chi connectivity index (χ0n) is 27.7. The molecule has 2 amide bonds. The van der Waals surface area contributed by atoms with Crippen molar-refractivity contribution in [3.05, 3.63) is 51.9 Å². The van der Waals surface area contributed by atoms with Crippen molar-refractivity contribution in [3.8, 4) is 0 Å². The number of likely N-dealkylation sites (tertiary alicyclic amines) is 1. The summed E-state index contributed by atoms with van der Waals surface area (Å²) in [6.45, 7) is 16.7. The van der Waals surface area contributed by atoms with Crippen LogP contribution < -0.4 is 10.9 Å². The second-order valence-corrected chi connectivity index (χ2v) is 13.6. The molecule has 3 aromatic rings. The number of aromatic amines is 1. The highest BCUT2D eigenvalue weighted by atomic mass is 16.6. The minimum absolute atomic E-state index is 0.0152. The number of rotatable bonds is 7. The van der Waals surface area contributed by atoms with E-state index in [1.165, 1.54) is 0 Å². The Kier molecular flexibility index (Phi) is 9.30. The van der Waals surface area contributed by atoms with Crippen LogP contribution in [0.3, 0.4) is 0 Å². The Labute approximate surface area is 265 Å². The number of amides is 2. The molecule has 2 aliphatic heterocycles. The van der Waals surface area contributed by atoms with Gasteiger partial charge in [0.25, 0.3) is 11.5 Å². The first-order valence-electron chi connectivity index (χ1n) is 16.2. The zero-order valence-corrected chi connectivity index (χ0v) is 27.7. The Bertz CT molecular complexity index is 1600. The summed E-state index contributed by atoms with van der Waals surface area (Å²) in [5.41, 5.74) is 1.82. The van der Waals surface area contributed by atoms with E-state index in [9.17, 15) is 14.4 Å². The molecule has 11 nitrogen and oxygen atoms in total. The van der Waals surface area contributed by atoms with Crippen molar-refractivity contribution in [2.75, 3.05) is 38.2 Å². The second kappa shape index (κ2) is 12.9. The van der Waals surface area contributed by atoms with E-state index in [4.69, 9.17) is 14.6 Å². The average molecular weight is 621 g/mol. The van der Waals surface area contributed by atoms with Gasteiger partial charge in [-0.2, -0.15) is 5.10 Å². The molecule has 11 heteroatoms. The molecule has 2 saturated heterocycles. The number of nitrogens with zero attached hydrogens (tertiary/aromatic N) is 4. The van der Waals surface area contributed by atoms with Gasteiger partial charge in [0.1, 0.15) is 11.0 Å². The van der Waals surface area contributed by atoms with Gasteiger partial charge in [-0.05, 0) is 82.7 Å². The first kappa shape index (κ1) is 32.5. The number of hydrogen-bond acceptors (Lipinski definition) is 7. The number of nitrogens with one attached hydrogen (secondary N) is 2. The fraction of sp³-hybridized carbons (Fsp3) is 0.588. The van der Waals surface area contributed by atoms with Crippen LogP contribution in [-0.4, -0.2) is 81.1 Å². The van der Waals surface area contributed by atoms with Crippen LogP contribution in [-0.2, 0) is 15.0 Å². The summed E-state index contributed by atoms with van der Waals surface area (Å²) in [6, 6.07) is 7.60. The summed E-state index contributed by atoms with van der Waals surface area (Å²) in [5.74, 6) is 0.812. The molecule has 0 bridgehead atoms. The Balaban J connectivity index is 1.41. The van der Waals surface area contributed by atoms with Gasteiger partial charge in [-0.1, -0.05) is 27.2 Å². The lowest BCUT2D eigenvalue weighted by atomic mass is 9.85. The summed E-state index contributed by atoms with van der Waals surface area (Å²) in [6.07, 6.45) is 4.46. The molecule has 2 aromatic heterocycles. The lowest BCUT2D eigenvalue weighted by Gasteiger charge is -2.42. The molecule has 0 radical (unpaired) electrons. The van der Waals surface area contributed by atoms with Gasteiger partial charge in [-0.25, -0.2) is 4.79 Å². The molecule has 5 rings (SSSR count). The van der Waals surface area contributed by atoms with Gasteiger partial charge in [0.2, 0.25) is 0 Å². The number of fused-ring (bicyclic) bond motifs is 1. The third kappa shape index (κ3) is 6.59. The third-order valence-electron chi connectivity index (χ3n) is 9.50. The number of pyridine rings is 1. The number of piperidine rings is 1. The fourth-order valence-electron chi connectivity index (χ4n) is 6.56. The van der Waals surface area contributed by atoms with E-state index in [0.717, 1.165) is 29.6 Å². The molecule has 0 spiro atoms. The van der Waals surface area contributed by atoms with Gasteiger partial charge >= 0.3 is 6.09 Å². The van der Waals surface area contributed by atoms with Crippen LogP contribution in [0.4, 0.5) is 16.3 Å². The van der Waals surface area contributed by atoms with Crippen molar-refractivity contribution >= 4 is 34.4 Å². The van der Waals surface area contributed by atoms with E-state index < -0.39 is 5.60 Å². The predicted molar refractivity (Wildman–Crippen MR) is 175 cm³/mol. The van der Waals surface area contributed by atoms with Crippen molar-refractivity contribution in [1.82, 2.24) is 24.6 Å². The number of benzene rings is 1. The number of anilines is 2. The van der Waals surface area contributed by atoms with Crippen molar-refractivity contribution in [2.24, 2.45) is 5.92 Å². The van der Waals surface area contributed by atoms with Gasteiger partial charge in [0, 0.05) is 37.1 Å². The quantitative estimate of drug-likeness (QED) is 0.342. The molecule has 1 aromatic carbocycles. The molecular weight excluding hydrogens is 572 g/mol. The lowest BCUT2D eigenvalue weighted by molar-refractivity contribution is -0.0183. The number of hydrogen-bond donors (Lipinski definition) is 2. The van der Waals surface area contributed by atoms with Crippen molar-refractivity contribution in [1.29, 1.82) is 0 Å². The summed E-state index contributed by atoms with van der Waals surface area (Å²) < 4.78 is 13.3. The average Bonchev–Trinajstić information content (AvgIpc) is 3.39. The first-order valence-corrected chi connectivity index (χ1v) is 16.2. The molecule has 0 saturated carbocycles. The van der Waals surface area contributed by atoms with Crippen LogP contribution in [0.5, 0.6) is 0 Å². The topological polar surface area (TPSA) is 122 Å². The van der Waals surface area contributed by atoms with Crippen molar-refractivity contribution < 1.29 is 19.1 Å². The van der Waals surface area contributed by atoms with Gasteiger partial charge < -0.3 is 29.6 Å². The lowest BCUT2D eigenvalue weighted by Crippen LogP contribution is -2.51. The molecule has 2 atom stereocenters. The van der Waals surface area contributed by atoms with Crippen LogP contribution in [0.1, 0.15) is 83.1 Å². The number of carbonyl (C=O) groups is 2. The summed E-state index contributed by atoms with van der Waals surface area (Å²) >= 11 is 0. The molecule has 2 unspecified atom stereocenters. The highest BCUT2D eigenvalue weighted by molar-refractivity contribution is 5.97. The number of aromatic nitrogens is 3. The number of ether oxygens (including phenoxy) is 2. The minimum Gasteiger partial charge on any atom is -0.444 e. The van der Waals surface area contributed by atoms with Crippen LogP contribution in [0, 0.1) is 12.8 Å². The Morgan fingerprint density at radius 1 is 1.18 bits per heavy atom. The summed E-state index contributed by atoms with van der Waals surface area (Å²) in [4.78, 5) is 46.1. The maximum absolute atomic E-state index is 13.7. The van der Waals surface area contributed by atoms with Gasteiger partial charge in [0.15, 0.2) is 5.82 Å². The zero-order chi connectivity index (χ0) is 32.5. The normalized spacial score (nSPS) is 19.4. The van der Waals surface area contributed by atoms with E-state index in [0.29, 0.717) is 68.4 Å². The third-order valence-corrected chi connectivity index (χ3v) is 9.50. The second-order valence-electron chi connectivity index (χ2n) is 13.6. The standard InChI is InChI=1S/C34H48N6O5/c1-8-22(3)27-21-44-19-18-39(27)31(42)25-11-10-24(20-23(25)4)36-29-28-26(12-15-35-30(28)41)40(37-29)34(9-2)13-16-38(17-14-34)32(43)45-33(5,6)7/h10-12,15,20,22,27H,8-9,13-14,16-19,21H2,1-7H3,(H,35,41)(H,36,37). The molecule has 2 fully saturated rings. The van der Waals surface area contributed by atoms with Crippen LogP contribution in [0.25, 0.3) is 10.9 Å². The molecule has 244 valence electrons. The van der Waals surface area contributed by atoms with E-state index >= 15 is 0 Å². The largest absolute Gasteiger partial charge is 0.444 e. The van der Waals surface area contributed by atoms with Crippen LogP contribution >= 0.6 is 0 Å². The van der Waals surface area contributed by atoms with E-state index in [2.05, 4.69) is 31.1 Å². The highest BCUT2D eigenvalue weighted by Crippen LogP contribution is 2.38. The monoisotopic (exact) mass is 620 g/mol. The molecule has 4 heterocycles. The van der Waals surface area contributed by atoms with Gasteiger partial charge in [-0.15, -0.1) is 0 Å². The molecular formula is C34H48N6O5. The fourth-order valence-corrected chi connectivity index (χ4v) is 6.56. The van der Waals surface area contributed by atoms with E-state index in [1.807, 2.05) is 61.5 Å². The predicted octanol–water partition coefficient (Wildman–Crippen LogP) is 5.80. The molecule has 0 aliphatic carbocycles. The van der Waals surface area contributed by atoms with E-state index in [-0.39, 0.29) is 29.1 Å². The number of H-pyrrole nitrogens is 1. The molecule has 2 aliphatic rings. The number of aryl methyl sites for hydroxylation is 1. The van der Waals surface area contributed by atoms with Crippen LogP contribution in [0.15, 0.2) is 35.3 Å². The van der Waals surface area contributed by atoms with Crippen molar-refractivity contribution in [2.45, 2.75) is 91.3 Å². The van der Waals surface area contributed by atoms with E-state index in [1.54, 1.807) is 11.1 Å². The highest BCUT2D eigenvalue weighted by Gasteiger charge is 2.40. The van der Waals surface area contributed by atoms with Crippen LogP contribution in [0.2, 0.25) is 0 Å². The Morgan fingerprint density at radius 2 is 1.91 bits per heavy atom. The molecule has 2 N–H and O–H groups in total. The minimum atomic E-state index is -0.557. The summed E-state index contributed by atoms with van der Waals surface area (Å²) in [7, 11) is 0. The SMILES string of the molecule is CCC(C)C1COCCN1C(=O)c1ccc(Nc2nn(C3(CC)CCN(C(=O)OC(C)(C)C)CC3)c3cc[nH]c(=O)c23)cc1C. The van der Waals surface area contributed by atoms with Crippen molar-refractivity contribution in [3.63, 3.8) is 0 Å². The maximum atomic E-state index is 13.7. The number of carbonyl (C=O) groups excluding carboxylic acids is 2. The first-order chi connectivity index (χ1) is 21.4. The smallest absolute Gasteiger partial charge is 0.410 e. The van der Waals surface area contributed by atoms with Gasteiger partial charge in [0.05, 0.1) is 30.3 Å². The molecule has 45 heavy (non-hydrogen) atoms. The Hall–Kier alpha value is -3.86.